The fourth-order valence-corrected chi connectivity index (χ4v) is 2.41. The summed E-state index contributed by atoms with van der Waals surface area (Å²) in [5, 5.41) is 5.19. The molecule has 0 saturated carbocycles. The molecule has 1 N–H and O–H groups in total. The average molecular weight is 304 g/mol. The molecule has 0 bridgehead atoms. The first-order valence-electron chi connectivity index (χ1n) is 6.10. The molecule has 0 unspecified atom stereocenters. The van der Waals surface area contributed by atoms with Gasteiger partial charge in [0.2, 0.25) is 5.91 Å². The molecular formula is C16H14ClNOS. The predicted molar refractivity (Wildman–Crippen MR) is 86.3 cm³/mol. The van der Waals surface area contributed by atoms with Gasteiger partial charge in [-0.25, -0.2) is 0 Å². The largest absolute Gasteiger partial charge is 0.322 e. The Morgan fingerprint density at radius 1 is 1.20 bits per heavy atom. The lowest BCUT2D eigenvalue weighted by Gasteiger charge is -2.06. The summed E-state index contributed by atoms with van der Waals surface area (Å²) < 4.78 is 0. The van der Waals surface area contributed by atoms with Crippen molar-refractivity contribution in [1.29, 1.82) is 0 Å². The van der Waals surface area contributed by atoms with Gasteiger partial charge in [0.05, 0.1) is 0 Å². The van der Waals surface area contributed by atoms with Crippen LogP contribution in [0.4, 0.5) is 5.69 Å². The minimum atomic E-state index is -0.168. The second-order valence-electron chi connectivity index (χ2n) is 4.18. The highest BCUT2D eigenvalue weighted by Crippen LogP contribution is 2.21. The summed E-state index contributed by atoms with van der Waals surface area (Å²) in [4.78, 5) is 12.9. The third-order valence-corrected chi connectivity index (χ3v) is 3.68. The quantitative estimate of drug-likeness (QED) is 0.643. The summed E-state index contributed by atoms with van der Waals surface area (Å²) in [6, 6.07) is 15.3. The van der Waals surface area contributed by atoms with E-state index in [1.165, 1.54) is 17.8 Å². The van der Waals surface area contributed by atoms with Gasteiger partial charge in [-0.1, -0.05) is 47.6 Å². The first kappa shape index (κ1) is 14.7. The number of halogens is 1. The van der Waals surface area contributed by atoms with Gasteiger partial charge in [-0.15, -0.1) is 0 Å². The van der Waals surface area contributed by atoms with Crippen LogP contribution in [0.3, 0.4) is 0 Å². The smallest absolute Gasteiger partial charge is 0.248 e. The highest BCUT2D eigenvalue weighted by Gasteiger charge is 2.02. The average Bonchev–Trinajstić information content (AvgIpc) is 2.44. The molecule has 2 aromatic carbocycles. The minimum Gasteiger partial charge on any atom is -0.322 e. The molecule has 2 aromatic rings. The first-order valence-corrected chi connectivity index (χ1v) is 7.36. The zero-order valence-electron chi connectivity index (χ0n) is 11.0. The van der Waals surface area contributed by atoms with Gasteiger partial charge in [0, 0.05) is 21.7 Å². The van der Waals surface area contributed by atoms with E-state index in [2.05, 4.69) is 5.32 Å². The van der Waals surface area contributed by atoms with Crippen molar-refractivity contribution in [2.75, 3.05) is 5.32 Å². The lowest BCUT2D eigenvalue weighted by molar-refractivity contribution is -0.111. The van der Waals surface area contributed by atoms with Crippen molar-refractivity contribution in [1.82, 2.24) is 0 Å². The van der Waals surface area contributed by atoms with Crippen molar-refractivity contribution in [3.05, 3.63) is 70.6 Å². The van der Waals surface area contributed by atoms with Gasteiger partial charge in [-0.05, 0) is 42.2 Å². The number of carbonyl (C=O) groups is 1. The van der Waals surface area contributed by atoms with E-state index in [0.29, 0.717) is 5.02 Å². The zero-order chi connectivity index (χ0) is 14.4. The maximum atomic E-state index is 11.8. The molecule has 0 fully saturated rings. The molecule has 2 rings (SSSR count). The summed E-state index contributed by atoms with van der Waals surface area (Å²) in [5.41, 5.74) is 1.71. The Labute approximate surface area is 127 Å². The van der Waals surface area contributed by atoms with E-state index in [1.807, 2.05) is 43.3 Å². The fourth-order valence-electron chi connectivity index (χ4n) is 1.58. The second kappa shape index (κ2) is 7.17. The number of aryl methyl sites for hydroxylation is 1. The molecule has 0 aromatic heterocycles. The van der Waals surface area contributed by atoms with Gasteiger partial charge >= 0.3 is 0 Å². The van der Waals surface area contributed by atoms with Crippen molar-refractivity contribution >= 4 is 35.0 Å². The molecule has 1 amide bonds. The van der Waals surface area contributed by atoms with E-state index in [1.54, 1.807) is 17.5 Å². The van der Waals surface area contributed by atoms with Gasteiger partial charge in [-0.3, -0.25) is 4.79 Å². The van der Waals surface area contributed by atoms with E-state index < -0.39 is 0 Å². The SMILES string of the molecule is Cc1ccc(Cl)cc1NC(=O)/C=C/Sc1ccccc1. The highest BCUT2D eigenvalue weighted by atomic mass is 35.5. The Hall–Kier alpha value is -1.71. The van der Waals surface area contributed by atoms with Crippen LogP contribution < -0.4 is 5.32 Å². The van der Waals surface area contributed by atoms with E-state index >= 15 is 0 Å². The van der Waals surface area contributed by atoms with Crippen LogP contribution in [0.1, 0.15) is 5.56 Å². The van der Waals surface area contributed by atoms with Crippen molar-refractivity contribution in [2.45, 2.75) is 11.8 Å². The predicted octanol–water partition coefficient (Wildman–Crippen LogP) is 4.89. The number of hydrogen-bond acceptors (Lipinski definition) is 2. The lowest BCUT2D eigenvalue weighted by Crippen LogP contribution is -2.08. The summed E-state index contributed by atoms with van der Waals surface area (Å²) in [7, 11) is 0. The molecule has 102 valence electrons. The molecule has 0 aliphatic heterocycles. The molecule has 0 saturated heterocycles. The maximum Gasteiger partial charge on any atom is 0.248 e. The number of thioether (sulfide) groups is 1. The van der Waals surface area contributed by atoms with Gasteiger partial charge in [0.15, 0.2) is 0 Å². The normalized spacial score (nSPS) is 10.7. The van der Waals surface area contributed by atoms with Crippen LogP contribution in [0, 0.1) is 6.92 Å². The topological polar surface area (TPSA) is 29.1 Å². The molecular weight excluding hydrogens is 290 g/mol. The molecule has 0 radical (unpaired) electrons. The number of anilines is 1. The second-order valence-corrected chi connectivity index (χ2v) is 5.60. The molecule has 0 heterocycles. The fraction of sp³-hybridized carbons (Fsp3) is 0.0625. The third kappa shape index (κ3) is 4.44. The minimum absolute atomic E-state index is 0.168. The van der Waals surface area contributed by atoms with Crippen molar-refractivity contribution in [3.8, 4) is 0 Å². The number of rotatable bonds is 4. The van der Waals surface area contributed by atoms with Crippen LogP contribution in [-0.4, -0.2) is 5.91 Å². The maximum absolute atomic E-state index is 11.8. The van der Waals surface area contributed by atoms with Gasteiger partial charge in [-0.2, -0.15) is 0 Å². The van der Waals surface area contributed by atoms with E-state index in [4.69, 9.17) is 11.6 Å². The summed E-state index contributed by atoms with van der Waals surface area (Å²) >= 11 is 7.41. The van der Waals surface area contributed by atoms with Crippen LogP contribution in [0.2, 0.25) is 5.02 Å². The Bertz CT molecular complexity index is 626. The third-order valence-electron chi connectivity index (χ3n) is 2.62. The Morgan fingerprint density at radius 2 is 1.95 bits per heavy atom. The van der Waals surface area contributed by atoms with Gasteiger partial charge < -0.3 is 5.32 Å². The molecule has 0 aliphatic rings. The molecule has 2 nitrogen and oxygen atoms in total. The number of nitrogens with one attached hydrogen (secondary N) is 1. The summed E-state index contributed by atoms with van der Waals surface area (Å²) in [5.74, 6) is -0.168. The van der Waals surface area contributed by atoms with Crippen molar-refractivity contribution in [2.24, 2.45) is 0 Å². The standard InChI is InChI=1S/C16H14ClNOS/c1-12-7-8-13(17)11-15(12)18-16(19)9-10-20-14-5-3-2-4-6-14/h2-11H,1H3,(H,18,19)/b10-9+. The first-order chi connectivity index (χ1) is 9.65. The monoisotopic (exact) mass is 303 g/mol. The Balaban J connectivity index is 1.94. The van der Waals surface area contributed by atoms with Crippen LogP contribution >= 0.6 is 23.4 Å². The van der Waals surface area contributed by atoms with Gasteiger partial charge in [0.1, 0.15) is 0 Å². The Kier molecular flexibility index (Phi) is 5.27. The van der Waals surface area contributed by atoms with Crippen LogP contribution in [0.5, 0.6) is 0 Å². The van der Waals surface area contributed by atoms with Crippen LogP contribution in [0.25, 0.3) is 0 Å². The van der Waals surface area contributed by atoms with Crippen molar-refractivity contribution < 1.29 is 4.79 Å². The van der Waals surface area contributed by atoms with Crippen molar-refractivity contribution in [3.63, 3.8) is 0 Å². The molecule has 0 spiro atoms. The number of benzene rings is 2. The molecule has 20 heavy (non-hydrogen) atoms. The van der Waals surface area contributed by atoms with E-state index in [0.717, 1.165) is 16.1 Å². The van der Waals surface area contributed by atoms with E-state index in [-0.39, 0.29) is 5.91 Å². The lowest BCUT2D eigenvalue weighted by atomic mass is 10.2. The van der Waals surface area contributed by atoms with Crippen LogP contribution in [-0.2, 0) is 4.79 Å². The number of hydrogen-bond donors (Lipinski definition) is 1. The van der Waals surface area contributed by atoms with E-state index in [9.17, 15) is 4.79 Å². The molecule has 0 atom stereocenters. The van der Waals surface area contributed by atoms with Crippen LogP contribution in [0.15, 0.2) is 64.9 Å². The Morgan fingerprint density at radius 3 is 2.70 bits per heavy atom. The number of carbonyl (C=O) groups excluding carboxylic acids is 1. The molecule has 4 heteroatoms. The molecule has 0 aliphatic carbocycles. The summed E-state index contributed by atoms with van der Waals surface area (Å²) in [6.45, 7) is 1.92. The highest BCUT2D eigenvalue weighted by molar-refractivity contribution is 8.02. The summed E-state index contributed by atoms with van der Waals surface area (Å²) in [6.07, 6.45) is 1.51. The number of amides is 1. The zero-order valence-corrected chi connectivity index (χ0v) is 12.5. The van der Waals surface area contributed by atoms with Gasteiger partial charge in [0.25, 0.3) is 0 Å².